The standard InChI is InChI=1S/C14H14Br2N2O/c1-4-10-12(16)14(19)18-13(17-10)9-5-7(2)11(15)8(3)6-9/h5-6H,4H2,1-3H3,(H,17,18,19). The smallest absolute Gasteiger partial charge is 0.265 e. The van der Waals surface area contributed by atoms with Crippen LogP contribution in [0.25, 0.3) is 11.4 Å². The van der Waals surface area contributed by atoms with Crippen molar-refractivity contribution in [3.63, 3.8) is 0 Å². The van der Waals surface area contributed by atoms with Crippen LogP contribution in [0.4, 0.5) is 0 Å². The van der Waals surface area contributed by atoms with Gasteiger partial charge in [-0.15, -0.1) is 0 Å². The zero-order valence-corrected chi connectivity index (χ0v) is 14.1. The van der Waals surface area contributed by atoms with Crippen LogP contribution in [0, 0.1) is 13.8 Å². The maximum Gasteiger partial charge on any atom is 0.265 e. The minimum Gasteiger partial charge on any atom is -0.306 e. The molecule has 0 atom stereocenters. The zero-order valence-electron chi connectivity index (χ0n) is 11.0. The topological polar surface area (TPSA) is 45.8 Å². The van der Waals surface area contributed by atoms with Crippen LogP contribution < -0.4 is 5.56 Å². The van der Waals surface area contributed by atoms with Gasteiger partial charge >= 0.3 is 0 Å². The molecule has 0 aliphatic heterocycles. The van der Waals surface area contributed by atoms with Crippen molar-refractivity contribution in [2.45, 2.75) is 27.2 Å². The Kier molecular flexibility index (Phi) is 4.26. The van der Waals surface area contributed by atoms with Crippen molar-refractivity contribution in [1.29, 1.82) is 0 Å². The first-order valence-electron chi connectivity index (χ1n) is 5.99. The minimum absolute atomic E-state index is 0.139. The Balaban J connectivity index is 2.66. The van der Waals surface area contributed by atoms with E-state index < -0.39 is 0 Å². The molecule has 1 aromatic carbocycles. The number of aryl methyl sites for hydroxylation is 3. The molecule has 1 aromatic heterocycles. The molecule has 3 nitrogen and oxygen atoms in total. The second kappa shape index (κ2) is 5.59. The van der Waals surface area contributed by atoms with E-state index >= 15 is 0 Å². The molecule has 0 saturated carbocycles. The van der Waals surface area contributed by atoms with E-state index in [2.05, 4.69) is 41.8 Å². The summed E-state index contributed by atoms with van der Waals surface area (Å²) in [6.45, 7) is 6.03. The molecule has 0 saturated heterocycles. The van der Waals surface area contributed by atoms with Crippen molar-refractivity contribution < 1.29 is 0 Å². The summed E-state index contributed by atoms with van der Waals surface area (Å²) < 4.78 is 1.61. The highest BCUT2D eigenvalue weighted by atomic mass is 79.9. The van der Waals surface area contributed by atoms with Gasteiger partial charge in [-0.3, -0.25) is 4.79 Å². The maximum absolute atomic E-state index is 11.9. The molecule has 5 heteroatoms. The van der Waals surface area contributed by atoms with Crippen molar-refractivity contribution in [3.05, 3.63) is 48.3 Å². The monoisotopic (exact) mass is 384 g/mol. The molecule has 0 radical (unpaired) electrons. The van der Waals surface area contributed by atoms with E-state index in [0.29, 0.717) is 16.7 Å². The summed E-state index contributed by atoms with van der Waals surface area (Å²) in [6.07, 6.45) is 0.714. The lowest BCUT2D eigenvalue weighted by Crippen LogP contribution is -2.13. The lowest BCUT2D eigenvalue weighted by Gasteiger charge is -2.09. The Morgan fingerprint density at radius 3 is 2.26 bits per heavy atom. The van der Waals surface area contributed by atoms with Crippen molar-refractivity contribution in [2.75, 3.05) is 0 Å². The number of nitrogens with one attached hydrogen (secondary N) is 1. The molecule has 1 heterocycles. The third kappa shape index (κ3) is 2.82. The van der Waals surface area contributed by atoms with Crippen LogP contribution in [0.1, 0.15) is 23.7 Å². The summed E-state index contributed by atoms with van der Waals surface area (Å²) in [5.41, 5.74) is 3.81. The van der Waals surface area contributed by atoms with Crippen LogP contribution in [0.5, 0.6) is 0 Å². The predicted molar refractivity (Wildman–Crippen MR) is 84.5 cm³/mol. The fourth-order valence-corrected chi connectivity index (χ4v) is 2.66. The van der Waals surface area contributed by atoms with Crippen molar-refractivity contribution >= 4 is 31.9 Å². The number of halogens is 2. The first-order valence-corrected chi connectivity index (χ1v) is 7.58. The largest absolute Gasteiger partial charge is 0.306 e. The molecule has 2 aromatic rings. The van der Waals surface area contributed by atoms with Gasteiger partial charge in [-0.25, -0.2) is 4.98 Å². The third-order valence-corrected chi connectivity index (χ3v) is 5.04. The van der Waals surface area contributed by atoms with Gasteiger partial charge in [0, 0.05) is 10.0 Å². The molecule has 0 fully saturated rings. The van der Waals surface area contributed by atoms with E-state index in [1.807, 2.05) is 32.9 Å². The Morgan fingerprint density at radius 2 is 1.74 bits per heavy atom. The average Bonchev–Trinajstić information content (AvgIpc) is 2.38. The van der Waals surface area contributed by atoms with Crippen molar-refractivity contribution in [1.82, 2.24) is 9.97 Å². The molecule has 1 N–H and O–H groups in total. The average molecular weight is 386 g/mol. The Labute approximate surface area is 128 Å². The molecule has 0 spiro atoms. The summed E-state index contributed by atoms with van der Waals surface area (Å²) in [5.74, 6) is 0.615. The van der Waals surface area contributed by atoms with E-state index in [1.54, 1.807) is 0 Å². The second-order valence-corrected chi connectivity index (χ2v) is 6.04. The summed E-state index contributed by atoms with van der Waals surface area (Å²) in [4.78, 5) is 19.2. The van der Waals surface area contributed by atoms with Crippen LogP contribution >= 0.6 is 31.9 Å². The quantitative estimate of drug-likeness (QED) is 0.844. The molecule has 0 aliphatic carbocycles. The van der Waals surface area contributed by atoms with Crippen molar-refractivity contribution in [2.24, 2.45) is 0 Å². The molecule has 100 valence electrons. The Bertz CT molecular complexity index is 669. The summed E-state index contributed by atoms with van der Waals surface area (Å²) >= 11 is 6.81. The van der Waals surface area contributed by atoms with Gasteiger partial charge in [0.2, 0.25) is 0 Å². The minimum atomic E-state index is -0.139. The lowest BCUT2D eigenvalue weighted by atomic mass is 10.1. The van der Waals surface area contributed by atoms with E-state index in [-0.39, 0.29) is 5.56 Å². The number of rotatable bonds is 2. The molecule has 2 rings (SSSR count). The fourth-order valence-electron chi connectivity index (χ4n) is 1.96. The van der Waals surface area contributed by atoms with E-state index in [9.17, 15) is 4.79 Å². The van der Waals surface area contributed by atoms with Gasteiger partial charge in [0.05, 0.1) is 5.69 Å². The Morgan fingerprint density at radius 1 is 1.16 bits per heavy atom. The van der Waals surface area contributed by atoms with Crippen molar-refractivity contribution in [3.8, 4) is 11.4 Å². The highest BCUT2D eigenvalue weighted by Gasteiger charge is 2.11. The molecular weight excluding hydrogens is 372 g/mol. The first kappa shape index (κ1) is 14.5. The zero-order chi connectivity index (χ0) is 14.2. The van der Waals surface area contributed by atoms with E-state index in [1.165, 1.54) is 0 Å². The highest BCUT2D eigenvalue weighted by Crippen LogP contribution is 2.27. The molecular formula is C14H14Br2N2O. The number of nitrogens with zero attached hydrogens (tertiary/aromatic N) is 1. The summed E-state index contributed by atoms with van der Waals surface area (Å²) in [6, 6.07) is 4.03. The van der Waals surface area contributed by atoms with Gasteiger partial charge in [-0.1, -0.05) is 22.9 Å². The highest BCUT2D eigenvalue weighted by molar-refractivity contribution is 9.10. The third-order valence-electron chi connectivity index (χ3n) is 2.98. The number of hydrogen-bond acceptors (Lipinski definition) is 2. The van der Waals surface area contributed by atoms with Gasteiger partial charge in [0.1, 0.15) is 10.3 Å². The van der Waals surface area contributed by atoms with Crippen LogP contribution in [0.3, 0.4) is 0 Å². The predicted octanol–water partition coefficient (Wildman–Crippen LogP) is 4.14. The summed E-state index contributed by atoms with van der Waals surface area (Å²) in [5, 5.41) is 0. The van der Waals surface area contributed by atoms with Gasteiger partial charge in [0.25, 0.3) is 5.56 Å². The lowest BCUT2D eigenvalue weighted by molar-refractivity contribution is 0.969. The number of aromatic amines is 1. The van der Waals surface area contributed by atoms with Gasteiger partial charge < -0.3 is 4.98 Å². The van der Waals surface area contributed by atoms with E-state index in [0.717, 1.165) is 26.9 Å². The normalized spacial score (nSPS) is 10.8. The molecule has 0 unspecified atom stereocenters. The van der Waals surface area contributed by atoms with Crippen LogP contribution in [0.2, 0.25) is 0 Å². The molecule has 19 heavy (non-hydrogen) atoms. The van der Waals surface area contributed by atoms with Gasteiger partial charge in [-0.05, 0) is 59.5 Å². The second-order valence-electron chi connectivity index (χ2n) is 4.45. The first-order chi connectivity index (χ1) is 8.93. The van der Waals surface area contributed by atoms with Crippen LogP contribution in [0.15, 0.2) is 25.9 Å². The van der Waals surface area contributed by atoms with Crippen LogP contribution in [-0.2, 0) is 6.42 Å². The number of H-pyrrole nitrogens is 1. The molecule has 0 amide bonds. The number of benzene rings is 1. The molecule has 0 aliphatic rings. The van der Waals surface area contributed by atoms with Gasteiger partial charge in [-0.2, -0.15) is 0 Å². The van der Waals surface area contributed by atoms with Crippen LogP contribution in [-0.4, -0.2) is 9.97 Å². The molecule has 0 bridgehead atoms. The summed E-state index contributed by atoms with van der Waals surface area (Å²) in [7, 11) is 0. The fraction of sp³-hybridized carbons (Fsp3) is 0.286. The van der Waals surface area contributed by atoms with Gasteiger partial charge in [0.15, 0.2) is 0 Å². The maximum atomic E-state index is 11.9. The number of aromatic nitrogens is 2. The number of hydrogen-bond donors (Lipinski definition) is 1. The SMILES string of the molecule is CCc1nc(-c2cc(C)c(Br)c(C)c2)[nH]c(=O)c1Br. The Hall–Kier alpha value is -0.940. The van der Waals surface area contributed by atoms with E-state index in [4.69, 9.17) is 0 Å².